The largest absolute Gasteiger partial charge is 0.0741 e. The summed E-state index contributed by atoms with van der Waals surface area (Å²) in [7, 11) is 0. The van der Waals surface area contributed by atoms with Crippen LogP contribution >= 0.6 is 0 Å². The van der Waals surface area contributed by atoms with Crippen LogP contribution in [-0.2, 0) is 0 Å². The van der Waals surface area contributed by atoms with E-state index in [1.807, 2.05) is 0 Å². The van der Waals surface area contributed by atoms with Crippen molar-refractivity contribution in [3.05, 3.63) is 33.4 Å². The van der Waals surface area contributed by atoms with Gasteiger partial charge in [-0.05, 0) is 243 Å². The van der Waals surface area contributed by atoms with E-state index in [-0.39, 0.29) is 0 Å². The van der Waals surface area contributed by atoms with Gasteiger partial charge in [-0.15, -0.1) is 0 Å². The maximum Gasteiger partial charge on any atom is -0.0119 e. The molecule has 0 rings (SSSR count). The molecule has 5 unspecified atom stereocenters. The Morgan fingerprint density at radius 2 is 0.455 bits per heavy atom. The lowest BCUT2D eigenvalue weighted by atomic mass is 9.46. The molecule has 0 heteroatoms. The number of hydrogen-bond donors (Lipinski definition) is 0. The summed E-state index contributed by atoms with van der Waals surface area (Å²) in [6, 6.07) is 0. The summed E-state index contributed by atoms with van der Waals surface area (Å²) < 4.78 is 0. The molecule has 0 aliphatic rings. The normalized spacial score (nSPS) is 15.0. The van der Waals surface area contributed by atoms with Gasteiger partial charge in [0.1, 0.15) is 0 Å². The molecule has 0 nitrogen and oxygen atoms in total. The quantitative estimate of drug-likeness (QED) is 0.0533. The molecule has 0 aromatic rings. The summed E-state index contributed by atoms with van der Waals surface area (Å²) in [6.07, 6.45) is 46.7. The summed E-state index contributed by atoms with van der Waals surface area (Å²) >= 11 is 0. The second-order valence-corrected chi connectivity index (χ2v) is 39.2. The SMILES string of the molecule is CCC(C(C)(CC)CC)C(C)(CC)CC.CCC(C)(CC)C(CC)(CC)C(C)(CC)CC.CCC(C)=C(CC)C(C)(CC)CC.CCC(C)=C(CC)C(C)(CC)CC.CCC(C)=C(CC)C(C)CC.CCC(C)C(CC)(CC)C(C)(CC)CC.CCC(C)C(CC)(CC)C(C)(CC)CC.CCC(C)C(CC)(CC)C(C)CC. The van der Waals surface area contributed by atoms with Gasteiger partial charge in [0.25, 0.3) is 0 Å². The maximum atomic E-state index is 2.53. The van der Waals surface area contributed by atoms with Crippen LogP contribution in [0.1, 0.15) is 591 Å². The predicted octanol–water partition coefficient (Wildman–Crippen LogP) is 42.4. The van der Waals surface area contributed by atoms with Crippen molar-refractivity contribution in [2.45, 2.75) is 591 Å². The lowest BCUT2D eigenvalue weighted by Gasteiger charge is -2.58. The summed E-state index contributed by atoms with van der Waals surface area (Å²) in [5.74, 6) is 5.10. The third-order valence-electron chi connectivity index (χ3n) is 37.7. The zero-order chi connectivity index (χ0) is 90.4. The third kappa shape index (κ3) is 33.6. The van der Waals surface area contributed by atoms with E-state index in [0.29, 0.717) is 65.0 Å². The van der Waals surface area contributed by atoms with Crippen LogP contribution < -0.4 is 0 Å². The molecule has 0 aliphatic heterocycles. The van der Waals surface area contributed by atoms with Crippen LogP contribution in [0.2, 0.25) is 0 Å². The summed E-state index contributed by atoms with van der Waals surface area (Å²) in [6.45, 7) is 123. The molecule has 0 N–H and O–H groups in total. The van der Waals surface area contributed by atoms with E-state index in [0.717, 1.165) is 35.5 Å². The minimum Gasteiger partial charge on any atom is -0.0741 e. The fourth-order valence-electron chi connectivity index (χ4n) is 24.1. The first-order valence-electron chi connectivity index (χ1n) is 51.2. The number of allylic oxidation sites excluding steroid dienone is 6. The fraction of sp³-hybridized carbons (Fsp3) is 0.946. The van der Waals surface area contributed by atoms with Crippen LogP contribution in [0.3, 0.4) is 0 Å². The summed E-state index contributed by atoms with van der Waals surface area (Å²) in [4.78, 5) is 0. The molecule has 0 aromatic heterocycles. The molecule has 682 valence electrons. The van der Waals surface area contributed by atoms with Gasteiger partial charge in [0.2, 0.25) is 0 Å². The topological polar surface area (TPSA) is 0 Å². The summed E-state index contributed by atoms with van der Waals surface area (Å²) in [5, 5.41) is 0. The monoisotopic (exact) mass is 1580 g/mol. The van der Waals surface area contributed by atoms with Gasteiger partial charge < -0.3 is 0 Å². The van der Waals surface area contributed by atoms with Gasteiger partial charge in [0.05, 0.1) is 0 Å². The third-order valence-corrected chi connectivity index (χ3v) is 37.7. The Bertz CT molecular complexity index is 2100. The van der Waals surface area contributed by atoms with Crippen LogP contribution in [0, 0.1) is 100 Å². The van der Waals surface area contributed by atoms with Crippen molar-refractivity contribution in [3.63, 3.8) is 0 Å². The van der Waals surface area contributed by atoms with Crippen molar-refractivity contribution in [1.82, 2.24) is 0 Å². The minimum atomic E-state index is 0.453. The van der Waals surface area contributed by atoms with Crippen molar-refractivity contribution in [2.24, 2.45) is 100 Å². The van der Waals surface area contributed by atoms with Crippen molar-refractivity contribution >= 4 is 0 Å². The van der Waals surface area contributed by atoms with Gasteiger partial charge in [0, 0.05) is 0 Å². The Morgan fingerprint density at radius 1 is 0.214 bits per heavy atom. The molecule has 0 radical (unpaired) electrons. The molecule has 0 heterocycles. The van der Waals surface area contributed by atoms with Gasteiger partial charge in [-0.25, -0.2) is 0 Å². The van der Waals surface area contributed by atoms with E-state index in [2.05, 4.69) is 360 Å². The lowest BCUT2D eigenvalue weighted by molar-refractivity contribution is -0.0905. The molecule has 0 amide bonds. The molecule has 5 atom stereocenters. The molecular formula is C112H234. The highest BCUT2D eigenvalue weighted by Crippen LogP contribution is 2.63. The molecule has 112 heavy (non-hydrogen) atoms. The van der Waals surface area contributed by atoms with Gasteiger partial charge in [-0.2, -0.15) is 0 Å². The zero-order valence-corrected chi connectivity index (χ0v) is 89.9. The first kappa shape index (κ1) is 127. The Hall–Kier alpha value is -0.780. The smallest absolute Gasteiger partial charge is 0.0119 e. The molecule has 0 aromatic carbocycles. The van der Waals surface area contributed by atoms with Crippen molar-refractivity contribution in [1.29, 1.82) is 0 Å². The number of rotatable bonds is 49. The minimum absolute atomic E-state index is 0.453. The average molecular weight is 1580 g/mol. The highest BCUT2D eigenvalue weighted by atomic mass is 14.6. The van der Waals surface area contributed by atoms with Crippen LogP contribution in [0.25, 0.3) is 0 Å². The second-order valence-electron chi connectivity index (χ2n) is 39.2. The lowest BCUT2D eigenvalue weighted by Crippen LogP contribution is -2.50. The van der Waals surface area contributed by atoms with Crippen LogP contribution in [0.5, 0.6) is 0 Å². The molecule has 0 spiro atoms. The highest BCUT2D eigenvalue weighted by molar-refractivity contribution is 5.21. The second kappa shape index (κ2) is 64.1. The van der Waals surface area contributed by atoms with Crippen LogP contribution in [0.4, 0.5) is 0 Å². The maximum absolute atomic E-state index is 2.53. The van der Waals surface area contributed by atoms with Gasteiger partial charge in [-0.1, -0.05) is 482 Å². The van der Waals surface area contributed by atoms with E-state index in [1.54, 1.807) is 33.4 Å². The average Bonchev–Trinajstić information content (AvgIpc) is 0.762. The highest BCUT2D eigenvalue weighted by Gasteiger charge is 2.53. The van der Waals surface area contributed by atoms with Crippen LogP contribution in [0.15, 0.2) is 33.4 Å². The van der Waals surface area contributed by atoms with E-state index in [1.165, 1.54) is 231 Å². The van der Waals surface area contributed by atoms with E-state index in [9.17, 15) is 0 Å². The molecule has 0 saturated heterocycles. The van der Waals surface area contributed by atoms with Gasteiger partial charge >= 0.3 is 0 Å². The van der Waals surface area contributed by atoms with Crippen molar-refractivity contribution < 1.29 is 0 Å². The zero-order valence-electron chi connectivity index (χ0n) is 89.9. The Kier molecular flexibility index (Phi) is 72.6. The summed E-state index contributed by atoms with van der Waals surface area (Å²) in [5.41, 5.74) is 16.0. The van der Waals surface area contributed by atoms with E-state index < -0.39 is 0 Å². The Morgan fingerprint density at radius 3 is 0.589 bits per heavy atom. The van der Waals surface area contributed by atoms with Crippen molar-refractivity contribution in [2.75, 3.05) is 0 Å². The molecule has 0 saturated carbocycles. The van der Waals surface area contributed by atoms with Crippen molar-refractivity contribution in [3.8, 4) is 0 Å². The molecular weight excluding hydrogens is 1350 g/mol. The molecule has 0 aliphatic carbocycles. The fourth-order valence-corrected chi connectivity index (χ4v) is 24.1. The standard InChI is InChI=1S/C17H36.3C15H32.2C13H26.C13H28.C11H22/c1-9-15(7,10-2)17(13-5,14-6)16(8,11-3)12-4;1-8-13(14(6,9-2)10-3)15(7,11-4)12-5;2*1-8-13(6)15(11-4,12-5)14(7,9-2)10-3;2*1-7-11(5)12(8-2)13(6,9-3)10-4;1-7-11(5)13(9-3,10-4)12(6)8-2;1-6-9(4)11(8-3)10(5)7-2/h9-14H2,1-8H3;3*13H,8-12H2,1-7H3;2*7-10H2,1-6H3;11-12H,7-10H2,1-6H3;9H,6-8H2,1-5H3. The predicted molar refractivity (Wildman–Crippen MR) is 532 cm³/mol. The molecule has 0 fully saturated rings. The number of hydrogen-bond acceptors (Lipinski definition) is 0. The Balaban J connectivity index is -0.000000184. The van der Waals surface area contributed by atoms with Gasteiger partial charge in [-0.3, -0.25) is 0 Å². The molecule has 0 bridgehead atoms. The Labute approximate surface area is 720 Å². The first-order chi connectivity index (χ1) is 52.1. The van der Waals surface area contributed by atoms with E-state index >= 15 is 0 Å². The van der Waals surface area contributed by atoms with E-state index in [4.69, 9.17) is 0 Å². The first-order valence-corrected chi connectivity index (χ1v) is 51.2. The van der Waals surface area contributed by atoms with Gasteiger partial charge in [0.15, 0.2) is 0 Å². The van der Waals surface area contributed by atoms with Crippen LogP contribution in [-0.4, -0.2) is 0 Å².